The van der Waals surface area contributed by atoms with Crippen LogP contribution in [0, 0.1) is 0 Å². The first-order valence-electron chi connectivity index (χ1n) is 12.8. The van der Waals surface area contributed by atoms with Gasteiger partial charge in [0.25, 0.3) is 0 Å². The maximum Gasteiger partial charge on any atom is 0.227 e. The average molecular weight is 487 g/mol. The van der Waals surface area contributed by atoms with Crippen LogP contribution in [0.2, 0.25) is 0 Å². The maximum atomic E-state index is 6.20. The molecule has 3 nitrogen and oxygen atoms in total. The molecule has 0 fully saturated rings. The molecule has 8 rings (SSSR count). The minimum atomic E-state index is -0.535. The molecule has 0 saturated heterocycles. The lowest BCUT2D eigenvalue weighted by atomic mass is 9.68. The van der Waals surface area contributed by atoms with Crippen molar-refractivity contribution >= 4 is 22.0 Å². The third-order valence-corrected chi connectivity index (χ3v) is 7.82. The van der Waals surface area contributed by atoms with E-state index in [4.69, 9.17) is 14.4 Å². The topological polar surface area (TPSA) is 38.9 Å². The number of para-hydroxylation sites is 3. The van der Waals surface area contributed by atoms with Crippen LogP contribution in [-0.4, -0.2) is 9.97 Å². The van der Waals surface area contributed by atoms with E-state index >= 15 is 0 Å². The number of rotatable bonds is 3. The van der Waals surface area contributed by atoms with Crippen LogP contribution in [-0.2, 0) is 5.41 Å². The molecule has 1 aliphatic carbocycles. The number of fused-ring (bicyclic) bond motifs is 5. The lowest BCUT2D eigenvalue weighted by Gasteiger charge is -2.33. The molecule has 7 aromatic rings. The summed E-state index contributed by atoms with van der Waals surface area (Å²) in [4.78, 5) is 9.73. The van der Waals surface area contributed by atoms with E-state index in [2.05, 4.69) is 97.1 Å². The lowest BCUT2D eigenvalue weighted by Crippen LogP contribution is -2.28. The lowest BCUT2D eigenvalue weighted by molar-refractivity contribution is 0.619. The van der Waals surface area contributed by atoms with Crippen molar-refractivity contribution < 1.29 is 4.42 Å². The molecule has 38 heavy (non-hydrogen) atoms. The van der Waals surface area contributed by atoms with Crippen LogP contribution in [0.25, 0.3) is 44.6 Å². The van der Waals surface area contributed by atoms with Crippen LogP contribution in [0.4, 0.5) is 0 Å². The minimum Gasteiger partial charge on any atom is -0.436 e. The van der Waals surface area contributed by atoms with E-state index < -0.39 is 5.41 Å². The van der Waals surface area contributed by atoms with Gasteiger partial charge in [-0.15, -0.1) is 0 Å². The van der Waals surface area contributed by atoms with Gasteiger partial charge in [0.15, 0.2) is 5.58 Å². The van der Waals surface area contributed by atoms with Crippen molar-refractivity contribution in [3.63, 3.8) is 0 Å². The van der Waals surface area contributed by atoms with Crippen molar-refractivity contribution in [2.45, 2.75) is 5.41 Å². The fraction of sp³-hybridized carbons (Fsp3) is 0.0286. The SMILES string of the molecule is c1ccc(C2(c3cnc4ccccc4c3)c3ccccc3-c3ccc(-c4nc5ccccc5o4)cc32)cc1. The largest absolute Gasteiger partial charge is 0.436 e. The minimum absolute atomic E-state index is 0.535. The molecule has 5 aromatic carbocycles. The number of hydrogen-bond donors (Lipinski definition) is 0. The van der Waals surface area contributed by atoms with Crippen LogP contribution >= 0.6 is 0 Å². The van der Waals surface area contributed by atoms with Gasteiger partial charge in [0.2, 0.25) is 5.89 Å². The van der Waals surface area contributed by atoms with Gasteiger partial charge in [-0.3, -0.25) is 4.98 Å². The van der Waals surface area contributed by atoms with Crippen molar-refractivity contribution in [1.82, 2.24) is 9.97 Å². The number of oxazole rings is 1. The number of pyridine rings is 1. The molecule has 0 spiro atoms. The second kappa shape index (κ2) is 7.99. The molecule has 1 aliphatic rings. The van der Waals surface area contributed by atoms with E-state index in [1.165, 1.54) is 27.8 Å². The maximum absolute atomic E-state index is 6.20. The zero-order valence-corrected chi connectivity index (χ0v) is 20.5. The average Bonchev–Trinajstić information content (AvgIpc) is 3.55. The number of hydrogen-bond acceptors (Lipinski definition) is 3. The predicted octanol–water partition coefficient (Wildman–Crippen LogP) is 8.41. The molecule has 1 atom stereocenters. The first-order chi connectivity index (χ1) is 18.8. The van der Waals surface area contributed by atoms with E-state index in [-0.39, 0.29) is 0 Å². The number of benzene rings is 5. The Balaban J connectivity index is 1.47. The van der Waals surface area contributed by atoms with Crippen molar-refractivity contribution in [3.05, 3.63) is 156 Å². The normalized spacial score (nSPS) is 16.0. The van der Waals surface area contributed by atoms with E-state index in [0.29, 0.717) is 5.89 Å². The van der Waals surface area contributed by atoms with Crippen molar-refractivity contribution in [2.24, 2.45) is 0 Å². The molecular weight excluding hydrogens is 464 g/mol. The zero-order chi connectivity index (χ0) is 25.1. The molecule has 3 heteroatoms. The molecule has 2 heterocycles. The van der Waals surface area contributed by atoms with Crippen molar-refractivity contribution in [1.29, 1.82) is 0 Å². The van der Waals surface area contributed by atoms with Gasteiger partial charge in [0.1, 0.15) is 5.52 Å². The Hall–Kier alpha value is -5.02. The highest BCUT2D eigenvalue weighted by atomic mass is 16.3. The summed E-state index contributed by atoms with van der Waals surface area (Å²) in [5, 5.41) is 1.13. The summed E-state index contributed by atoms with van der Waals surface area (Å²) in [6.45, 7) is 0. The summed E-state index contributed by atoms with van der Waals surface area (Å²) < 4.78 is 6.20. The monoisotopic (exact) mass is 486 g/mol. The van der Waals surface area contributed by atoms with E-state index in [1.807, 2.05) is 36.5 Å². The molecule has 0 bridgehead atoms. The Morgan fingerprint density at radius 1 is 0.553 bits per heavy atom. The third-order valence-electron chi connectivity index (χ3n) is 7.82. The summed E-state index contributed by atoms with van der Waals surface area (Å²) >= 11 is 0. The van der Waals surface area contributed by atoms with Gasteiger partial charge in [-0.25, -0.2) is 4.98 Å². The number of nitrogens with zero attached hydrogens (tertiary/aromatic N) is 2. The first kappa shape index (κ1) is 21.1. The fourth-order valence-electron chi connectivity index (χ4n) is 6.16. The van der Waals surface area contributed by atoms with Crippen LogP contribution in [0.1, 0.15) is 22.3 Å². The molecule has 178 valence electrons. The summed E-state index contributed by atoms with van der Waals surface area (Å²) in [6, 6.07) is 44.7. The Bertz CT molecular complexity index is 1960. The van der Waals surface area contributed by atoms with E-state index in [9.17, 15) is 0 Å². The van der Waals surface area contributed by atoms with Gasteiger partial charge in [-0.2, -0.15) is 0 Å². The predicted molar refractivity (Wildman–Crippen MR) is 152 cm³/mol. The van der Waals surface area contributed by atoms with Gasteiger partial charge >= 0.3 is 0 Å². The Labute approximate surface area is 220 Å². The second-order valence-corrected chi connectivity index (χ2v) is 9.83. The van der Waals surface area contributed by atoms with E-state index in [1.54, 1.807) is 0 Å². The Morgan fingerprint density at radius 3 is 2.18 bits per heavy atom. The Kier molecular flexibility index (Phi) is 4.44. The van der Waals surface area contributed by atoms with Gasteiger partial charge in [-0.1, -0.05) is 91.0 Å². The highest BCUT2D eigenvalue weighted by Gasteiger charge is 2.46. The molecule has 0 N–H and O–H groups in total. The summed E-state index contributed by atoms with van der Waals surface area (Å²) in [5.41, 5.74) is 10.3. The van der Waals surface area contributed by atoms with Gasteiger partial charge < -0.3 is 4.42 Å². The standard InChI is InChI=1S/C35H22N2O/c1-2-11-25(12-3-1)35(26-20-23-10-4-7-15-31(23)36-22-26)29-14-6-5-13-27(29)28-19-18-24(21-30(28)35)34-37-32-16-8-9-17-33(32)38-34/h1-22H. The highest BCUT2D eigenvalue weighted by molar-refractivity contribution is 5.89. The van der Waals surface area contributed by atoms with Gasteiger partial charge in [0.05, 0.1) is 10.9 Å². The molecule has 0 amide bonds. The van der Waals surface area contributed by atoms with Crippen LogP contribution in [0.5, 0.6) is 0 Å². The molecule has 0 saturated carbocycles. The smallest absolute Gasteiger partial charge is 0.227 e. The summed E-state index contributed by atoms with van der Waals surface area (Å²) in [7, 11) is 0. The van der Waals surface area contributed by atoms with Crippen LogP contribution in [0.15, 0.2) is 138 Å². The van der Waals surface area contributed by atoms with Gasteiger partial charge in [0, 0.05) is 17.1 Å². The Morgan fingerprint density at radius 2 is 1.29 bits per heavy atom. The second-order valence-electron chi connectivity index (χ2n) is 9.83. The molecule has 0 aliphatic heterocycles. The fourth-order valence-corrected chi connectivity index (χ4v) is 6.16. The van der Waals surface area contributed by atoms with Crippen LogP contribution < -0.4 is 0 Å². The third kappa shape index (κ3) is 2.90. The highest BCUT2D eigenvalue weighted by Crippen LogP contribution is 2.56. The first-order valence-corrected chi connectivity index (χ1v) is 12.8. The molecular formula is C35H22N2O. The summed E-state index contributed by atoms with van der Waals surface area (Å²) in [5.74, 6) is 0.628. The quantitative estimate of drug-likeness (QED) is 0.252. The summed E-state index contributed by atoms with van der Waals surface area (Å²) in [6.07, 6.45) is 2.05. The molecule has 2 aromatic heterocycles. The van der Waals surface area contributed by atoms with Crippen molar-refractivity contribution in [2.75, 3.05) is 0 Å². The van der Waals surface area contributed by atoms with E-state index in [0.717, 1.165) is 33.1 Å². The number of aromatic nitrogens is 2. The zero-order valence-electron chi connectivity index (χ0n) is 20.5. The molecule has 1 unspecified atom stereocenters. The van der Waals surface area contributed by atoms with Gasteiger partial charge in [-0.05, 0) is 69.8 Å². The van der Waals surface area contributed by atoms with Crippen molar-refractivity contribution in [3.8, 4) is 22.6 Å². The van der Waals surface area contributed by atoms with Crippen LogP contribution in [0.3, 0.4) is 0 Å². The molecule has 0 radical (unpaired) electrons.